The first kappa shape index (κ1) is 16.6. The lowest BCUT2D eigenvalue weighted by Gasteiger charge is -2.33. The summed E-state index contributed by atoms with van der Waals surface area (Å²) in [5.41, 5.74) is 1.45. The smallest absolute Gasteiger partial charge is 0.122 e. The molecule has 0 aromatic carbocycles. The number of furan rings is 1. The molecule has 0 amide bonds. The Bertz CT molecular complexity index is 413. The molecule has 3 nitrogen and oxygen atoms in total. The van der Waals surface area contributed by atoms with Gasteiger partial charge < -0.3 is 9.73 Å². The van der Waals surface area contributed by atoms with Crippen LogP contribution in [0, 0.1) is 0 Å². The van der Waals surface area contributed by atoms with Crippen molar-refractivity contribution in [1.29, 1.82) is 0 Å². The van der Waals surface area contributed by atoms with Gasteiger partial charge in [0.25, 0.3) is 0 Å². The van der Waals surface area contributed by atoms with E-state index in [1.807, 2.05) is 6.26 Å². The minimum atomic E-state index is 0.141. The Labute approximate surface area is 130 Å². The van der Waals surface area contributed by atoms with Gasteiger partial charge in [0.1, 0.15) is 5.76 Å². The van der Waals surface area contributed by atoms with Gasteiger partial charge in [0.05, 0.1) is 12.8 Å². The van der Waals surface area contributed by atoms with Gasteiger partial charge >= 0.3 is 0 Å². The fourth-order valence-electron chi connectivity index (χ4n) is 3.15. The monoisotopic (exact) mass is 292 g/mol. The molecular formula is C18H32N2O. The van der Waals surface area contributed by atoms with Gasteiger partial charge in [0.15, 0.2) is 0 Å². The van der Waals surface area contributed by atoms with Crippen molar-refractivity contribution in [2.45, 2.75) is 84.5 Å². The minimum Gasteiger partial charge on any atom is -0.468 e. The van der Waals surface area contributed by atoms with Gasteiger partial charge in [0.2, 0.25) is 0 Å². The number of hydrogen-bond acceptors (Lipinski definition) is 3. The third kappa shape index (κ3) is 5.15. The highest BCUT2D eigenvalue weighted by Gasteiger charge is 2.22. The summed E-state index contributed by atoms with van der Waals surface area (Å²) in [5.74, 6) is 1.14. The molecule has 0 saturated heterocycles. The first-order chi connectivity index (χ1) is 9.99. The third-order valence-corrected chi connectivity index (χ3v) is 4.49. The summed E-state index contributed by atoms with van der Waals surface area (Å²) in [7, 11) is 0. The Balaban J connectivity index is 1.96. The summed E-state index contributed by atoms with van der Waals surface area (Å²) in [5, 5.41) is 3.56. The predicted molar refractivity (Wildman–Crippen MR) is 88.3 cm³/mol. The van der Waals surface area contributed by atoms with E-state index in [1.54, 1.807) is 0 Å². The Hall–Kier alpha value is -0.800. The molecule has 1 aliphatic rings. The molecule has 1 fully saturated rings. The molecule has 2 rings (SSSR count). The van der Waals surface area contributed by atoms with E-state index in [4.69, 9.17) is 4.42 Å². The van der Waals surface area contributed by atoms with Gasteiger partial charge in [0, 0.05) is 23.7 Å². The summed E-state index contributed by atoms with van der Waals surface area (Å²) >= 11 is 0. The van der Waals surface area contributed by atoms with Crippen molar-refractivity contribution in [3.05, 3.63) is 23.7 Å². The molecule has 1 aliphatic carbocycles. The van der Waals surface area contributed by atoms with Gasteiger partial charge in [-0.25, -0.2) is 0 Å². The van der Waals surface area contributed by atoms with Crippen LogP contribution in [0.25, 0.3) is 0 Å². The number of hydrogen-bond donors (Lipinski definition) is 1. The average molecular weight is 292 g/mol. The van der Waals surface area contributed by atoms with Crippen LogP contribution in [0.15, 0.2) is 16.7 Å². The predicted octanol–water partition coefficient (Wildman–Crippen LogP) is 4.32. The summed E-state index contributed by atoms with van der Waals surface area (Å²) in [6.07, 6.45) is 8.73. The Morgan fingerprint density at radius 1 is 1.24 bits per heavy atom. The van der Waals surface area contributed by atoms with Crippen molar-refractivity contribution >= 4 is 0 Å². The molecule has 0 atom stereocenters. The van der Waals surface area contributed by atoms with Crippen LogP contribution in [0.3, 0.4) is 0 Å². The molecule has 120 valence electrons. The zero-order valence-electron chi connectivity index (χ0n) is 14.2. The maximum absolute atomic E-state index is 5.77. The zero-order valence-corrected chi connectivity index (χ0v) is 14.2. The zero-order chi connectivity index (χ0) is 15.3. The van der Waals surface area contributed by atoms with E-state index in [0.29, 0.717) is 0 Å². The molecule has 0 spiro atoms. The van der Waals surface area contributed by atoms with E-state index < -0.39 is 0 Å². The molecular weight excluding hydrogens is 260 g/mol. The highest BCUT2D eigenvalue weighted by Crippen LogP contribution is 2.25. The minimum absolute atomic E-state index is 0.141. The van der Waals surface area contributed by atoms with E-state index in [1.165, 1.54) is 37.7 Å². The second kappa shape index (κ2) is 7.46. The molecule has 1 N–H and O–H groups in total. The lowest BCUT2D eigenvalue weighted by Crippen LogP contribution is -2.37. The second-order valence-electron chi connectivity index (χ2n) is 7.33. The van der Waals surface area contributed by atoms with Gasteiger partial charge in [-0.2, -0.15) is 0 Å². The van der Waals surface area contributed by atoms with Crippen molar-refractivity contribution in [2.24, 2.45) is 0 Å². The summed E-state index contributed by atoms with van der Waals surface area (Å²) in [4.78, 5) is 2.60. The van der Waals surface area contributed by atoms with Gasteiger partial charge in [-0.05, 0) is 46.2 Å². The first-order valence-corrected chi connectivity index (χ1v) is 8.54. The maximum atomic E-state index is 5.77. The largest absolute Gasteiger partial charge is 0.468 e. The molecule has 3 heteroatoms. The van der Waals surface area contributed by atoms with Crippen LogP contribution in [-0.2, 0) is 13.1 Å². The topological polar surface area (TPSA) is 28.4 Å². The summed E-state index contributed by atoms with van der Waals surface area (Å²) in [6, 6.07) is 2.86. The number of nitrogens with zero attached hydrogens (tertiary/aromatic N) is 1. The first-order valence-electron chi connectivity index (χ1n) is 8.54. The summed E-state index contributed by atoms with van der Waals surface area (Å²) in [6.45, 7) is 11.8. The average Bonchev–Trinajstić information content (AvgIpc) is 2.90. The molecule has 1 aromatic rings. The highest BCUT2D eigenvalue weighted by atomic mass is 16.3. The van der Waals surface area contributed by atoms with Crippen LogP contribution in [0.2, 0.25) is 0 Å². The normalized spacial score (nSPS) is 17.6. The van der Waals surface area contributed by atoms with Crippen LogP contribution < -0.4 is 5.32 Å². The fourth-order valence-corrected chi connectivity index (χ4v) is 3.15. The molecule has 0 aliphatic heterocycles. The summed E-state index contributed by atoms with van der Waals surface area (Å²) < 4.78 is 5.77. The third-order valence-electron chi connectivity index (χ3n) is 4.49. The SMILES string of the molecule is CCN(Cc1occc1CNC(C)(C)C)C1CCCCC1. The maximum Gasteiger partial charge on any atom is 0.122 e. The van der Waals surface area contributed by atoms with E-state index in [0.717, 1.165) is 31.4 Å². The van der Waals surface area contributed by atoms with E-state index in [-0.39, 0.29) is 5.54 Å². The molecule has 1 heterocycles. The quantitative estimate of drug-likeness (QED) is 0.846. The molecule has 0 radical (unpaired) electrons. The van der Waals surface area contributed by atoms with Gasteiger partial charge in [-0.15, -0.1) is 0 Å². The van der Waals surface area contributed by atoms with Crippen LogP contribution in [0.5, 0.6) is 0 Å². The van der Waals surface area contributed by atoms with Crippen molar-refractivity contribution in [1.82, 2.24) is 10.2 Å². The van der Waals surface area contributed by atoms with Crippen LogP contribution in [-0.4, -0.2) is 23.0 Å². The van der Waals surface area contributed by atoms with E-state index in [9.17, 15) is 0 Å². The van der Waals surface area contributed by atoms with Crippen molar-refractivity contribution in [2.75, 3.05) is 6.54 Å². The Morgan fingerprint density at radius 2 is 1.95 bits per heavy atom. The molecule has 1 saturated carbocycles. The fraction of sp³-hybridized carbons (Fsp3) is 0.778. The highest BCUT2D eigenvalue weighted by molar-refractivity contribution is 5.17. The number of rotatable bonds is 6. The standard InChI is InChI=1S/C18H32N2O/c1-5-20(16-9-7-6-8-10-16)14-17-15(11-12-21-17)13-19-18(2,3)4/h11-12,16,19H,5-10,13-14H2,1-4H3. The van der Waals surface area contributed by atoms with E-state index >= 15 is 0 Å². The lowest BCUT2D eigenvalue weighted by molar-refractivity contribution is 0.145. The van der Waals surface area contributed by atoms with Crippen LogP contribution >= 0.6 is 0 Å². The lowest BCUT2D eigenvalue weighted by atomic mass is 9.94. The Kier molecular flexibility index (Phi) is 5.88. The van der Waals surface area contributed by atoms with Crippen LogP contribution in [0.1, 0.15) is 71.1 Å². The van der Waals surface area contributed by atoms with Gasteiger partial charge in [-0.1, -0.05) is 26.2 Å². The van der Waals surface area contributed by atoms with E-state index in [2.05, 4.69) is 44.0 Å². The second-order valence-corrected chi connectivity index (χ2v) is 7.33. The van der Waals surface area contributed by atoms with Crippen molar-refractivity contribution in [3.8, 4) is 0 Å². The number of nitrogens with one attached hydrogen (secondary N) is 1. The van der Waals surface area contributed by atoms with Gasteiger partial charge in [-0.3, -0.25) is 4.90 Å². The molecule has 0 unspecified atom stereocenters. The Morgan fingerprint density at radius 3 is 2.57 bits per heavy atom. The molecule has 0 bridgehead atoms. The van der Waals surface area contributed by atoms with Crippen molar-refractivity contribution in [3.63, 3.8) is 0 Å². The molecule has 21 heavy (non-hydrogen) atoms. The molecule has 1 aromatic heterocycles. The van der Waals surface area contributed by atoms with Crippen LogP contribution in [0.4, 0.5) is 0 Å². The van der Waals surface area contributed by atoms with Crippen molar-refractivity contribution < 1.29 is 4.42 Å².